The molecule has 0 aromatic carbocycles. The average Bonchev–Trinajstić information content (AvgIpc) is 2.66. The zero-order valence-electron chi connectivity index (χ0n) is 17.3. The predicted molar refractivity (Wildman–Crippen MR) is 124 cm³/mol. The molecule has 1 heterocycles. The van der Waals surface area contributed by atoms with Crippen LogP contribution in [-0.2, 0) is 4.79 Å². The van der Waals surface area contributed by atoms with E-state index in [0.29, 0.717) is 19.0 Å². The molecule has 2 fully saturated rings. The Hall–Kier alpha value is -0.570. The lowest BCUT2D eigenvalue weighted by molar-refractivity contribution is -0.121. The standard InChI is InChI=1S/C20H39N5O.HI/c1-17-10-15-25(16-11-17)14-6-12-22-20(21-2)23-13-9-19(26)24-18-7-4-3-5-8-18;/h17-18H,3-16H2,1-2H3,(H,24,26)(H2,21,22,23);1H. The number of carbonyl (C=O) groups excluding carboxylic acids is 1. The van der Waals surface area contributed by atoms with E-state index in [9.17, 15) is 4.79 Å². The van der Waals surface area contributed by atoms with Crippen molar-refractivity contribution in [3.8, 4) is 0 Å². The molecule has 6 nitrogen and oxygen atoms in total. The van der Waals surface area contributed by atoms with Gasteiger partial charge in [-0.15, -0.1) is 24.0 Å². The number of carbonyl (C=O) groups is 1. The minimum Gasteiger partial charge on any atom is -0.356 e. The molecule has 1 saturated heterocycles. The van der Waals surface area contributed by atoms with Crippen LogP contribution in [0.25, 0.3) is 0 Å². The Morgan fingerprint density at radius 2 is 1.70 bits per heavy atom. The molecular formula is C20H40IN5O. The number of amides is 1. The minimum absolute atomic E-state index is 0. The summed E-state index contributed by atoms with van der Waals surface area (Å²) in [7, 11) is 1.78. The van der Waals surface area contributed by atoms with Crippen LogP contribution in [0.2, 0.25) is 0 Å². The van der Waals surface area contributed by atoms with Gasteiger partial charge in [-0.1, -0.05) is 26.2 Å². The van der Waals surface area contributed by atoms with Gasteiger partial charge in [0.15, 0.2) is 5.96 Å². The summed E-state index contributed by atoms with van der Waals surface area (Å²) in [6.45, 7) is 7.53. The molecule has 1 amide bonds. The summed E-state index contributed by atoms with van der Waals surface area (Å²) in [6.07, 6.45) is 10.4. The van der Waals surface area contributed by atoms with E-state index in [0.717, 1.165) is 44.2 Å². The number of piperidine rings is 1. The first-order chi connectivity index (χ1) is 12.7. The zero-order chi connectivity index (χ0) is 18.6. The first kappa shape index (κ1) is 24.5. The highest BCUT2D eigenvalue weighted by atomic mass is 127. The van der Waals surface area contributed by atoms with Gasteiger partial charge in [-0.25, -0.2) is 0 Å². The summed E-state index contributed by atoms with van der Waals surface area (Å²) in [5.41, 5.74) is 0. The van der Waals surface area contributed by atoms with Gasteiger partial charge in [0.25, 0.3) is 0 Å². The second-order valence-corrected chi connectivity index (χ2v) is 7.96. The second kappa shape index (κ2) is 14.4. The lowest BCUT2D eigenvalue weighted by Gasteiger charge is -2.30. The van der Waals surface area contributed by atoms with Gasteiger partial charge in [-0.05, 0) is 57.7 Å². The van der Waals surface area contributed by atoms with E-state index in [4.69, 9.17) is 0 Å². The summed E-state index contributed by atoms with van der Waals surface area (Å²) in [4.78, 5) is 18.8. The van der Waals surface area contributed by atoms with E-state index in [1.54, 1.807) is 7.05 Å². The summed E-state index contributed by atoms with van der Waals surface area (Å²) in [5.74, 6) is 1.84. The van der Waals surface area contributed by atoms with Crippen molar-refractivity contribution in [2.75, 3.05) is 39.8 Å². The van der Waals surface area contributed by atoms with Gasteiger partial charge in [-0.2, -0.15) is 0 Å². The summed E-state index contributed by atoms with van der Waals surface area (Å²) in [5, 5.41) is 9.76. The van der Waals surface area contributed by atoms with E-state index in [1.165, 1.54) is 45.2 Å². The number of nitrogens with one attached hydrogen (secondary N) is 3. The quantitative estimate of drug-likeness (QED) is 0.211. The maximum absolute atomic E-state index is 12.0. The summed E-state index contributed by atoms with van der Waals surface area (Å²) >= 11 is 0. The fourth-order valence-corrected chi connectivity index (χ4v) is 3.86. The Balaban J connectivity index is 0.00000364. The number of aliphatic imine (C=N–C) groups is 1. The number of rotatable bonds is 8. The van der Waals surface area contributed by atoms with Crippen LogP contribution in [0.1, 0.15) is 64.7 Å². The average molecular weight is 493 g/mol. The van der Waals surface area contributed by atoms with Crippen LogP contribution in [0.5, 0.6) is 0 Å². The number of hydrogen-bond acceptors (Lipinski definition) is 3. The molecule has 7 heteroatoms. The van der Waals surface area contributed by atoms with Crippen LogP contribution in [0.15, 0.2) is 4.99 Å². The fourth-order valence-electron chi connectivity index (χ4n) is 3.86. The fraction of sp³-hybridized carbons (Fsp3) is 0.900. The smallest absolute Gasteiger partial charge is 0.221 e. The van der Waals surface area contributed by atoms with Crippen molar-refractivity contribution >= 4 is 35.8 Å². The third-order valence-electron chi connectivity index (χ3n) is 5.66. The highest BCUT2D eigenvalue weighted by Crippen LogP contribution is 2.17. The topological polar surface area (TPSA) is 68.8 Å². The van der Waals surface area contributed by atoms with Gasteiger partial charge in [0.1, 0.15) is 0 Å². The lowest BCUT2D eigenvalue weighted by Crippen LogP contribution is -2.42. The van der Waals surface area contributed by atoms with Crippen molar-refractivity contribution in [1.29, 1.82) is 0 Å². The van der Waals surface area contributed by atoms with Gasteiger partial charge in [0.05, 0.1) is 0 Å². The van der Waals surface area contributed by atoms with Crippen molar-refractivity contribution in [3.63, 3.8) is 0 Å². The Labute approximate surface area is 182 Å². The third kappa shape index (κ3) is 10.5. The first-order valence-electron chi connectivity index (χ1n) is 10.6. The molecule has 0 radical (unpaired) electrons. The normalized spacial score (nSPS) is 20.0. The Morgan fingerprint density at radius 1 is 1.04 bits per heavy atom. The van der Waals surface area contributed by atoms with Crippen LogP contribution in [-0.4, -0.2) is 62.6 Å². The van der Waals surface area contributed by atoms with E-state index in [2.05, 4.69) is 32.8 Å². The van der Waals surface area contributed by atoms with Crippen molar-refractivity contribution in [1.82, 2.24) is 20.9 Å². The Morgan fingerprint density at radius 3 is 2.37 bits per heavy atom. The number of hydrogen-bond donors (Lipinski definition) is 3. The molecule has 3 N–H and O–H groups in total. The highest BCUT2D eigenvalue weighted by molar-refractivity contribution is 14.0. The van der Waals surface area contributed by atoms with Gasteiger partial charge in [0.2, 0.25) is 5.91 Å². The van der Waals surface area contributed by atoms with Gasteiger partial charge in [-0.3, -0.25) is 9.79 Å². The molecule has 0 bridgehead atoms. The molecule has 27 heavy (non-hydrogen) atoms. The van der Waals surface area contributed by atoms with Crippen LogP contribution >= 0.6 is 24.0 Å². The molecule has 1 saturated carbocycles. The lowest BCUT2D eigenvalue weighted by atomic mass is 9.95. The van der Waals surface area contributed by atoms with Gasteiger partial charge in [0, 0.05) is 32.6 Å². The van der Waals surface area contributed by atoms with Gasteiger partial charge < -0.3 is 20.9 Å². The summed E-state index contributed by atoms with van der Waals surface area (Å²) < 4.78 is 0. The highest BCUT2D eigenvalue weighted by Gasteiger charge is 2.16. The molecule has 0 unspecified atom stereocenters. The third-order valence-corrected chi connectivity index (χ3v) is 5.66. The van der Waals surface area contributed by atoms with E-state index in [-0.39, 0.29) is 29.9 Å². The maximum Gasteiger partial charge on any atom is 0.221 e. The van der Waals surface area contributed by atoms with Crippen molar-refractivity contribution in [2.24, 2.45) is 10.9 Å². The minimum atomic E-state index is 0. The maximum atomic E-state index is 12.0. The number of likely N-dealkylation sites (tertiary alicyclic amines) is 1. The van der Waals surface area contributed by atoms with Gasteiger partial charge >= 0.3 is 0 Å². The molecule has 0 atom stereocenters. The largest absolute Gasteiger partial charge is 0.356 e. The van der Waals surface area contributed by atoms with Crippen molar-refractivity contribution in [3.05, 3.63) is 0 Å². The van der Waals surface area contributed by atoms with Crippen LogP contribution < -0.4 is 16.0 Å². The predicted octanol–water partition coefficient (Wildman–Crippen LogP) is 2.73. The monoisotopic (exact) mass is 493 g/mol. The second-order valence-electron chi connectivity index (χ2n) is 7.96. The number of nitrogens with zero attached hydrogens (tertiary/aromatic N) is 2. The molecule has 158 valence electrons. The van der Waals surface area contributed by atoms with E-state index >= 15 is 0 Å². The van der Waals surface area contributed by atoms with Crippen molar-refractivity contribution in [2.45, 2.75) is 70.8 Å². The van der Waals surface area contributed by atoms with E-state index < -0.39 is 0 Å². The molecule has 0 aromatic heterocycles. The van der Waals surface area contributed by atoms with Crippen LogP contribution in [0.4, 0.5) is 0 Å². The first-order valence-corrected chi connectivity index (χ1v) is 10.6. The molecule has 1 aliphatic heterocycles. The van der Waals surface area contributed by atoms with E-state index in [1.807, 2.05) is 0 Å². The Kier molecular flexibility index (Phi) is 13.1. The molecular weight excluding hydrogens is 453 g/mol. The number of halogens is 1. The Bertz CT molecular complexity index is 432. The zero-order valence-corrected chi connectivity index (χ0v) is 19.6. The van der Waals surface area contributed by atoms with Crippen LogP contribution in [0, 0.1) is 5.92 Å². The molecule has 2 rings (SSSR count). The number of guanidine groups is 1. The molecule has 0 aromatic rings. The molecule has 0 spiro atoms. The van der Waals surface area contributed by atoms with Crippen LogP contribution in [0.3, 0.4) is 0 Å². The SMILES string of the molecule is CN=C(NCCCN1CCC(C)CC1)NCCC(=O)NC1CCCCC1.I. The summed E-state index contributed by atoms with van der Waals surface area (Å²) in [6, 6.07) is 0.395. The van der Waals surface area contributed by atoms with Crippen molar-refractivity contribution < 1.29 is 4.79 Å². The molecule has 1 aliphatic carbocycles. The molecule has 2 aliphatic rings.